The molecule has 1 aromatic carbocycles. The zero-order valence-corrected chi connectivity index (χ0v) is 27.1. The van der Waals surface area contributed by atoms with E-state index in [0.29, 0.717) is 23.7 Å². The highest BCUT2D eigenvalue weighted by atomic mass is 32.2. The summed E-state index contributed by atoms with van der Waals surface area (Å²) in [5.41, 5.74) is -0.232. The lowest BCUT2D eigenvalue weighted by molar-refractivity contribution is -0.220. The van der Waals surface area contributed by atoms with E-state index in [9.17, 15) is 14.9 Å². The van der Waals surface area contributed by atoms with Crippen molar-refractivity contribution in [3.05, 3.63) is 42.0 Å². The molecule has 4 saturated carbocycles. The van der Waals surface area contributed by atoms with Gasteiger partial charge in [0.2, 0.25) is 0 Å². The van der Waals surface area contributed by atoms with E-state index in [4.69, 9.17) is 0 Å². The third-order valence-corrected chi connectivity index (χ3v) is 15.2. The topological polar surface area (TPSA) is 57.9 Å². The van der Waals surface area contributed by atoms with Crippen molar-refractivity contribution in [2.24, 2.45) is 56.2 Å². The first kappa shape index (κ1) is 29.2. The van der Waals surface area contributed by atoms with E-state index in [1.54, 1.807) is 0 Å². The number of Topliss-reactive ketones (excluding diaryl/α,β-unsaturated/α-hetero) is 2. The molecule has 0 radical (unpaired) electrons. The van der Waals surface area contributed by atoms with Crippen LogP contribution in [0, 0.1) is 67.5 Å². The highest BCUT2D eigenvalue weighted by Gasteiger charge is 2.72. The molecule has 41 heavy (non-hydrogen) atoms. The zero-order chi connectivity index (χ0) is 29.6. The molecule has 4 fully saturated rings. The Bertz CT molecular complexity index is 1340. The van der Waals surface area contributed by atoms with Crippen LogP contribution in [0.15, 0.2) is 46.9 Å². The lowest BCUT2D eigenvalue weighted by atomic mass is 9.31. The predicted octanol–water partition coefficient (Wildman–Crippen LogP) is 9.08. The third-order valence-electron chi connectivity index (χ3n) is 13.9. The molecule has 2 unspecified atom stereocenters. The van der Waals surface area contributed by atoms with Crippen LogP contribution in [-0.4, -0.2) is 17.3 Å². The molecule has 8 atom stereocenters. The molecule has 5 aliphatic rings. The Morgan fingerprint density at radius 3 is 2.24 bits per heavy atom. The number of hydrogen-bond donors (Lipinski definition) is 0. The Kier molecular flexibility index (Phi) is 6.64. The van der Waals surface area contributed by atoms with Crippen LogP contribution in [0.1, 0.15) is 99.8 Å². The molecule has 0 spiro atoms. The lowest BCUT2D eigenvalue weighted by Gasteiger charge is -2.72. The molecule has 3 nitrogen and oxygen atoms in total. The molecule has 0 saturated heterocycles. The van der Waals surface area contributed by atoms with E-state index < -0.39 is 5.41 Å². The lowest BCUT2D eigenvalue weighted by Crippen LogP contribution is -2.68. The van der Waals surface area contributed by atoms with E-state index in [0.717, 1.165) is 31.4 Å². The summed E-state index contributed by atoms with van der Waals surface area (Å²) in [5.74, 6) is 2.36. The average Bonchev–Trinajstić information content (AvgIpc) is 2.92. The fourth-order valence-electron chi connectivity index (χ4n) is 11.4. The van der Waals surface area contributed by atoms with E-state index in [1.807, 2.05) is 31.7 Å². The minimum absolute atomic E-state index is 0.00924. The van der Waals surface area contributed by atoms with Crippen molar-refractivity contribution in [1.29, 1.82) is 5.26 Å². The maximum Gasteiger partial charge on any atom is 0.178 e. The van der Waals surface area contributed by atoms with Gasteiger partial charge in [0.1, 0.15) is 11.9 Å². The molecule has 0 heterocycles. The summed E-state index contributed by atoms with van der Waals surface area (Å²) in [6, 6.07) is 13.1. The summed E-state index contributed by atoms with van der Waals surface area (Å²) in [4.78, 5) is 29.4. The van der Waals surface area contributed by atoms with Crippen LogP contribution < -0.4 is 0 Å². The molecule has 0 N–H and O–H groups in total. The molecule has 0 aromatic heterocycles. The van der Waals surface area contributed by atoms with Gasteiger partial charge in [0, 0.05) is 28.4 Å². The highest BCUT2D eigenvalue weighted by Crippen LogP contribution is 2.76. The van der Waals surface area contributed by atoms with E-state index in [1.165, 1.54) is 24.2 Å². The van der Waals surface area contributed by atoms with Gasteiger partial charge < -0.3 is 0 Å². The number of rotatable bonds is 3. The van der Waals surface area contributed by atoms with Crippen molar-refractivity contribution < 1.29 is 9.59 Å². The smallest absolute Gasteiger partial charge is 0.178 e. The van der Waals surface area contributed by atoms with Crippen LogP contribution >= 0.6 is 11.8 Å². The summed E-state index contributed by atoms with van der Waals surface area (Å²) in [7, 11) is 0. The number of allylic oxidation sites excluding steroid dienone is 2. The first-order valence-corrected chi connectivity index (χ1v) is 17.0. The van der Waals surface area contributed by atoms with Crippen molar-refractivity contribution in [2.75, 3.05) is 5.75 Å². The Morgan fingerprint density at radius 2 is 1.56 bits per heavy atom. The number of fused-ring (bicyclic) bond motifs is 7. The average molecular weight is 572 g/mol. The molecular formula is C37H49NO2S. The number of benzene rings is 1. The SMILES string of the molecule is CC1(C)CC[C@]2(CSc3ccccc3)CC[C@]3(C)C(C(=O)C[C@@H]4[C@@]5(C)C=C(C#N)C(=O)C(C)(C)[C@@H]5CC[C@]43C)C2C1. The van der Waals surface area contributed by atoms with Crippen LogP contribution in [0.5, 0.6) is 0 Å². The van der Waals surface area contributed by atoms with Crippen molar-refractivity contribution in [2.45, 2.75) is 105 Å². The summed E-state index contributed by atoms with van der Waals surface area (Å²) < 4.78 is 0. The molecule has 0 bridgehead atoms. The van der Waals surface area contributed by atoms with Crippen LogP contribution in [0.2, 0.25) is 0 Å². The van der Waals surface area contributed by atoms with E-state index >= 15 is 0 Å². The van der Waals surface area contributed by atoms with Crippen molar-refractivity contribution in [3.8, 4) is 6.07 Å². The summed E-state index contributed by atoms with van der Waals surface area (Å²) in [6.07, 6.45) is 10.5. The largest absolute Gasteiger partial charge is 0.299 e. The maximum atomic E-state index is 14.7. The number of nitriles is 1. The second-order valence-corrected chi connectivity index (χ2v) is 17.7. The van der Waals surface area contributed by atoms with Crippen LogP contribution in [-0.2, 0) is 9.59 Å². The van der Waals surface area contributed by atoms with Gasteiger partial charge in [0.05, 0.1) is 5.57 Å². The molecule has 0 amide bonds. The predicted molar refractivity (Wildman–Crippen MR) is 166 cm³/mol. The van der Waals surface area contributed by atoms with E-state index in [2.05, 4.69) is 71.0 Å². The van der Waals surface area contributed by atoms with Gasteiger partial charge in [-0.05, 0) is 102 Å². The highest BCUT2D eigenvalue weighted by molar-refractivity contribution is 7.99. The second-order valence-electron chi connectivity index (χ2n) is 16.7. The van der Waals surface area contributed by atoms with Crippen LogP contribution in [0.25, 0.3) is 0 Å². The van der Waals surface area contributed by atoms with Crippen LogP contribution in [0.3, 0.4) is 0 Å². The van der Waals surface area contributed by atoms with Gasteiger partial charge in [-0.3, -0.25) is 9.59 Å². The van der Waals surface area contributed by atoms with Gasteiger partial charge >= 0.3 is 0 Å². The first-order valence-electron chi connectivity index (χ1n) is 16.0. The Morgan fingerprint density at radius 1 is 0.878 bits per heavy atom. The van der Waals surface area contributed by atoms with Gasteiger partial charge in [-0.2, -0.15) is 5.26 Å². The standard InChI is InChI=1S/C37H49NO2S/c1-32(2)15-17-37(23-41-25-11-9-8-10-12-25)18-16-36(7)30(26(37)21-32)27(39)19-29-34(5)20-24(22-38)31(40)33(3,4)28(34)13-14-35(29,36)6/h8-12,20,26,28-30H,13-19,21,23H2,1-7H3/t26?,28-,29+,30?,34-,35+,36+,37+/m0/s1. The van der Waals surface area contributed by atoms with Crippen molar-refractivity contribution in [1.82, 2.24) is 0 Å². The normalized spacial score (nSPS) is 44.4. The monoisotopic (exact) mass is 571 g/mol. The van der Waals surface area contributed by atoms with Crippen molar-refractivity contribution in [3.63, 3.8) is 0 Å². The molecule has 4 heteroatoms. The molecule has 220 valence electrons. The first-order chi connectivity index (χ1) is 19.1. The Hall–Kier alpha value is -1.86. The summed E-state index contributed by atoms with van der Waals surface area (Å²) in [6.45, 7) is 16.2. The molecule has 0 aliphatic heterocycles. The number of thioether (sulfide) groups is 1. The summed E-state index contributed by atoms with van der Waals surface area (Å²) in [5, 5.41) is 9.98. The number of hydrogen-bond acceptors (Lipinski definition) is 4. The molecule has 5 aliphatic carbocycles. The minimum Gasteiger partial charge on any atom is -0.299 e. The van der Waals surface area contributed by atoms with Gasteiger partial charge in [0.25, 0.3) is 0 Å². The quantitative estimate of drug-likeness (QED) is 0.340. The Balaban J connectivity index is 1.41. The summed E-state index contributed by atoms with van der Waals surface area (Å²) >= 11 is 2.00. The molecule has 1 aromatic rings. The minimum atomic E-state index is -0.583. The number of ketones is 2. The fraction of sp³-hybridized carbons (Fsp3) is 0.703. The van der Waals surface area contributed by atoms with Crippen LogP contribution in [0.4, 0.5) is 0 Å². The van der Waals surface area contributed by atoms with Gasteiger partial charge in [-0.25, -0.2) is 0 Å². The fourth-order valence-corrected chi connectivity index (χ4v) is 12.7. The van der Waals surface area contributed by atoms with E-state index in [-0.39, 0.29) is 50.6 Å². The number of nitrogens with zero attached hydrogens (tertiary/aromatic N) is 1. The Labute approximate surface area is 252 Å². The zero-order valence-electron chi connectivity index (χ0n) is 26.3. The van der Waals surface area contributed by atoms with Gasteiger partial charge in [-0.1, -0.05) is 72.7 Å². The molecular weight excluding hydrogens is 522 g/mol. The maximum absolute atomic E-state index is 14.7. The van der Waals surface area contributed by atoms with Gasteiger partial charge in [-0.15, -0.1) is 11.8 Å². The molecule has 6 rings (SSSR count). The van der Waals surface area contributed by atoms with Crippen molar-refractivity contribution >= 4 is 23.3 Å². The van der Waals surface area contributed by atoms with Gasteiger partial charge in [0.15, 0.2) is 5.78 Å². The second kappa shape index (κ2) is 9.32. The number of carbonyl (C=O) groups excluding carboxylic acids is 2. The number of carbonyl (C=O) groups is 2. The third kappa shape index (κ3) is 4.03.